The van der Waals surface area contributed by atoms with Crippen molar-refractivity contribution in [2.45, 2.75) is 27.7 Å². The van der Waals surface area contributed by atoms with Crippen molar-refractivity contribution in [3.05, 3.63) is 96.4 Å². The van der Waals surface area contributed by atoms with E-state index >= 15 is 0 Å². The van der Waals surface area contributed by atoms with Crippen LogP contribution < -0.4 is 5.19 Å². The van der Waals surface area contributed by atoms with Gasteiger partial charge in [-0.2, -0.15) is 46.5 Å². The Kier molecular flexibility index (Phi) is 23.8. The first-order valence-electron chi connectivity index (χ1n) is 7.25. The van der Waals surface area contributed by atoms with Crippen molar-refractivity contribution < 1.29 is 26.2 Å². The molecule has 136 valence electrons. The van der Waals surface area contributed by atoms with E-state index in [2.05, 4.69) is 76.2 Å². The van der Waals surface area contributed by atoms with E-state index in [1.165, 1.54) is 27.4 Å². The fourth-order valence-corrected chi connectivity index (χ4v) is 1.95. The minimum absolute atomic E-state index is 0. The molecule has 0 unspecified atom stereocenters. The number of aryl methyl sites for hydroxylation is 4. The van der Waals surface area contributed by atoms with Gasteiger partial charge in [0.25, 0.3) is 0 Å². The van der Waals surface area contributed by atoms with E-state index < -0.39 is 0 Å². The van der Waals surface area contributed by atoms with E-state index in [0.717, 1.165) is 0 Å². The van der Waals surface area contributed by atoms with Crippen LogP contribution in [-0.4, -0.2) is 10.2 Å². The maximum absolute atomic E-state index is 2.12. The molecule has 0 aliphatic carbocycles. The Bertz CT molecular complexity index is 559. The molecule has 3 aromatic carbocycles. The van der Waals surface area contributed by atoms with E-state index in [0.29, 0.717) is 0 Å². The molecule has 3 aromatic rings. The molecule has 0 fully saturated rings. The largest absolute Gasteiger partial charge is 3.00 e. The average molecular weight is 473 g/mol. The summed E-state index contributed by atoms with van der Waals surface area (Å²) in [6, 6.07) is 22.9. The molecule has 0 aliphatic rings. The van der Waals surface area contributed by atoms with Gasteiger partial charge in [0.2, 0.25) is 0 Å². The Balaban J connectivity index is -0.000000122. The van der Waals surface area contributed by atoms with Crippen LogP contribution >= 0.6 is 24.8 Å². The zero-order chi connectivity index (χ0) is 15.7. The molecular weight excluding hydrogens is 442 g/mol. The second-order valence-corrected chi connectivity index (χ2v) is 6.09. The molecule has 0 aliphatic heterocycles. The van der Waals surface area contributed by atoms with Crippen molar-refractivity contribution in [3.63, 3.8) is 0 Å². The van der Waals surface area contributed by atoms with Gasteiger partial charge in [0.15, 0.2) is 0 Å². The average Bonchev–Trinajstić information content (AvgIpc) is 3.02. The summed E-state index contributed by atoms with van der Waals surface area (Å²) < 4.78 is 0. The Hall–Kier alpha value is -0.400. The third kappa shape index (κ3) is 14.5. The number of rotatable bonds is 0. The van der Waals surface area contributed by atoms with E-state index in [1.54, 1.807) is 0 Å². The van der Waals surface area contributed by atoms with Gasteiger partial charge in [-0.25, -0.2) is 12.1 Å². The molecule has 0 aromatic heterocycles. The van der Waals surface area contributed by atoms with Crippen LogP contribution in [0.25, 0.3) is 0 Å². The zero-order valence-electron chi connectivity index (χ0n) is 15.9. The summed E-state index contributed by atoms with van der Waals surface area (Å²) in [6.45, 7) is 8.48. The summed E-state index contributed by atoms with van der Waals surface area (Å²) >= 11 is 0. The fourth-order valence-electron chi connectivity index (χ4n) is 1.68. The van der Waals surface area contributed by atoms with Crippen molar-refractivity contribution in [2.24, 2.45) is 0 Å². The monoisotopic (exact) mass is 470 g/mol. The van der Waals surface area contributed by atoms with Crippen LogP contribution in [0.15, 0.2) is 66.7 Å². The summed E-state index contributed by atoms with van der Waals surface area (Å²) in [5.74, 6) is 0. The first-order valence-corrected chi connectivity index (χ1v) is 7.96. The van der Waals surface area contributed by atoms with E-state index in [4.69, 9.17) is 0 Å². The molecule has 3 rings (SSSR count). The minimum atomic E-state index is 0. The summed E-state index contributed by atoms with van der Waals surface area (Å²) in [4.78, 5) is 0. The van der Waals surface area contributed by atoms with Gasteiger partial charge in [0.1, 0.15) is 0 Å². The normalized spacial score (nSPS) is 7.72. The molecule has 25 heavy (non-hydrogen) atoms. The number of hydrogen-bond acceptors (Lipinski definition) is 0. The zero-order valence-corrected chi connectivity index (χ0v) is 21.4. The predicted octanol–water partition coefficient (Wildman–Crippen LogP) is 5.28. The van der Waals surface area contributed by atoms with Crippen LogP contribution in [0.1, 0.15) is 22.3 Å². The van der Waals surface area contributed by atoms with Gasteiger partial charge in [-0.05, 0) is 0 Å². The van der Waals surface area contributed by atoms with Gasteiger partial charge in [0, 0.05) is 10.2 Å². The standard InChI is InChI=1S/2C7H9.C6H7Si.CH3.2ClH.Zr/c2*1-6-4-3-5-7(6)2;7-6-4-2-1-3-5-6;;;;/h2*3-5H,1-2H3;1-5H,7H2;1H3;2*1H;/q2*-1;;-1;;;+3. The molecule has 0 atom stereocenters. The van der Waals surface area contributed by atoms with Gasteiger partial charge >= 0.3 is 26.2 Å². The molecule has 4 heteroatoms. The molecule has 0 amide bonds. The maximum Gasteiger partial charge on any atom is 3.00 e. The van der Waals surface area contributed by atoms with Crippen molar-refractivity contribution in [3.8, 4) is 0 Å². The molecule has 0 spiro atoms. The Morgan fingerprint density at radius 3 is 1.16 bits per heavy atom. The van der Waals surface area contributed by atoms with Crippen LogP contribution in [0.4, 0.5) is 0 Å². The van der Waals surface area contributed by atoms with Crippen LogP contribution in [0.2, 0.25) is 0 Å². The molecule has 0 heterocycles. The van der Waals surface area contributed by atoms with Gasteiger partial charge in [0.05, 0.1) is 0 Å². The fraction of sp³-hybridized carbons (Fsp3) is 0.190. The second kappa shape index (κ2) is 18.4. The van der Waals surface area contributed by atoms with Crippen molar-refractivity contribution in [2.75, 3.05) is 0 Å². The molecular formula is C21H30Cl2SiZr. The van der Waals surface area contributed by atoms with Crippen molar-refractivity contribution in [1.29, 1.82) is 0 Å². The molecule has 0 N–H and O–H groups in total. The van der Waals surface area contributed by atoms with Crippen molar-refractivity contribution in [1.82, 2.24) is 0 Å². The van der Waals surface area contributed by atoms with Crippen LogP contribution in [0.5, 0.6) is 0 Å². The Labute approximate surface area is 189 Å². The topological polar surface area (TPSA) is 0 Å². The SMILES string of the molecule is Cc1cc[cH-]c1C.Cc1cc[cH-]c1C.Cl.Cl.[CH3-].[SiH2]c1ccccc1.[Zr+3]. The molecule has 0 saturated heterocycles. The quantitative estimate of drug-likeness (QED) is 0.308. The molecule has 2 radical (unpaired) electrons. The van der Waals surface area contributed by atoms with Gasteiger partial charge in [-0.1, -0.05) is 63.2 Å². The third-order valence-electron chi connectivity index (χ3n) is 3.47. The second-order valence-electron chi connectivity index (χ2n) is 5.27. The number of halogens is 2. The Morgan fingerprint density at radius 1 is 0.680 bits per heavy atom. The van der Waals surface area contributed by atoms with Crippen LogP contribution in [0.3, 0.4) is 0 Å². The third-order valence-corrected chi connectivity index (χ3v) is 3.94. The van der Waals surface area contributed by atoms with Gasteiger partial charge in [-0.3, -0.25) is 0 Å². The number of hydrogen-bond donors (Lipinski definition) is 0. The summed E-state index contributed by atoms with van der Waals surface area (Å²) in [5, 5.41) is 1.35. The smallest absolute Gasteiger partial charge is 0.358 e. The van der Waals surface area contributed by atoms with Gasteiger partial charge < -0.3 is 7.43 Å². The van der Waals surface area contributed by atoms with Crippen LogP contribution in [-0.2, 0) is 26.2 Å². The van der Waals surface area contributed by atoms with Gasteiger partial charge in [-0.15, -0.1) is 24.8 Å². The minimum Gasteiger partial charge on any atom is -0.358 e. The first-order chi connectivity index (χ1) is 10.0. The van der Waals surface area contributed by atoms with E-state index in [1.807, 2.05) is 28.4 Å². The predicted molar refractivity (Wildman–Crippen MR) is 119 cm³/mol. The summed E-state index contributed by atoms with van der Waals surface area (Å²) in [6.07, 6.45) is 0. The molecule has 0 nitrogen and oxygen atoms in total. The molecule has 0 saturated carbocycles. The summed E-state index contributed by atoms with van der Waals surface area (Å²) in [7, 11) is 1.90. The first kappa shape index (κ1) is 32.3. The van der Waals surface area contributed by atoms with Crippen molar-refractivity contribution >= 4 is 40.2 Å². The van der Waals surface area contributed by atoms with E-state index in [-0.39, 0.29) is 58.4 Å². The maximum atomic E-state index is 2.12. The summed E-state index contributed by atoms with van der Waals surface area (Å²) in [5.41, 5.74) is 5.56. The Morgan fingerprint density at radius 2 is 1.04 bits per heavy atom. The van der Waals surface area contributed by atoms with Crippen LogP contribution in [0, 0.1) is 35.1 Å². The number of benzene rings is 1. The van der Waals surface area contributed by atoms with E-state index in [9.17, 15) is 0 Å². The molecule has 0 bridgehead atoms.